The molecule has 2 aromatic carbocycles. The van der Waals surface area contributed by atoms with Crippen LogP contribution in [0.3, 0.4) is 0 Å². The van der Waals surface area contributed by atoms with Crippen LogP contribution in [0.5, 0.6) is 0 Å². The third-order valence-electron chi connectivity index (χ3n) is 3.74. The molecule has 0 aliphatic rings. The highest BCUT2D eigenvalue weighted by Crippen LogP contribution is 2.31. The standard InChI is InChI=1S/C16H10BrClFN5/c1-20-14-9-6-5-8(18)7-12(9)24-15(22-23-16(24)21-14)10-3-2-4-11(17)13(10)19/h2-7H,1H3,(H,20,21,23). The summed E-state index contributed by atoms with van der Waals surface area (Å²) >= 11 is 9.36. The topological polar surface area (TPSA) is 55.1 Å². The Bertz CT molecular complexity index is 1090. The first kappa shape index (κ1) is 15.3. The predicted octanol–water partition coefficient (Wildman–Crippen LogP) is 4.54. The van der Waals surface area contributed by atoms with Crippen molar-refractivity contribution in [2.45, 2.75) is 0 Å². The van der Waals surface area contributed by atoms with Gasteiger partial charge in [0.1, 0.15) is 11.6 Å². The van der Waals surface area contributed by atoms with Gasteiger partial charge in [0.2, 0.25) is 0 Å². The number of fused-ring (bicyclic) bond motifs is 3. The highest BCUT2D eigenvalue weighted by atomic mass is 79.9. The SMILES string of the molecule is CNc1nc2nnc(-c3cccc(Br)c3F)n2c2cc(Cl)ccc12. The van der Waals surface area contributed by atoms with Gasteiger partial charge in [-0.3, -0.25) is 4.40 Å². The first-order valence-electron chi connectivity index (χ1n) is 7.06. The molecule has 24 heavy (non-hydrogen) atoms. The Labute approximate surface area is 149 Å². The number of aromatic nitrogens is 4. The fourth-order valence-corrected chi connectivity index (χ4v) is 3.19. The minimum atomic E-state index is -0.403. The molecular formula is C16H10BrClFN5. The highest BCUT2D eigenvalue weighted by Gasteiger charge is 2.18. The molecule has 0 fully saturated rings. The zero-order valence-corrected chi connectivity index (χ0v) is 14.7. The van der Waals surface area contributed by atoms with Crippen LogP contribution in [0, 0.1) is 5.82 Å². The molecule has 4 rings (SSSR count). The number of rotatable bonds is 2. The normalized spacial score (nSPS) is 11.3. The summed E-state index contributed by atoms with van der Waals surface area (Å²) in [7, 11) is 1.78. The molecule has 120 valence electrons. The Morgan fingerprint density at radius 3 is 2.83 bits per heavy atom. The molecule has 8 heteroatoms. The number of benzene rings is 2. The van der Waals surface area contributed by atoms with E-state index in [2.05, 4.69) is 36.4 Å². The Balaban J connectivity index is 2.16. The van der Waals surface area contributed by atoms with Crippen molar-refractivity contribution < 1.29 is 4.39 Å². The largest absolute Gasteiger partial charge is 0.372 e. The molecule has 4 aromatic rings. The van der Waals surface area contributed by atoms with Gasteiger partial charge in [-0.25, -0.2) is 4.39 Å². The van der Waals surface area contributed by atoms with Gasteiger partial charge in [-0.1, -0.05) is 17.7 Å². The zero-order chi connectivity index (χ0) is 16.8. The van der Waals surface area contributed by atoms with Crippen LogP contribution in [-0.2, 0) is 0 Å². The second kappa shape index (κ2) is 5.68. The van der Waals surface area contributed by atoms with E-state index in [9.17, 15) is 4.39 Å². The van der Waals surface area contributed by atoms with Gasteiger partial charge in [0.05, 0.1) is 15.6 Å². The van der Waals surface area contributed by atoms with E-state index >= 15 is 0 Å². The summed E-state index contributed by atoms with van der Waals surface area (Å²) in [6, 6.07) is 10.5. The van der Waals surface area contributed by atoms with Crippen LogP contribution in [0.25, 0.3) is 28.1 Å². The van der Waals surface area contributed by atoms with E-state index < -0.39 is 5.82 Å². The Hall–Kier alpha value is -2.25. The smallest absolute Gasteiger partial charge is 0.257 e. The van der Waals surface area contributed by atoms with Crippen molar-refractivity contribution in [3.05, 3.63) is 51.7 Å². The van der Waals surface area contributed by atoms with Gasteiger partial charge in [-0.15, -0.1) is 10.2 Å². The molecule has 0 atom stereocenters. The number of nitrogens with one attached hydrogen (secondary N) is 1. The molecule has 0 saturated heterocycles. The van der Waals surface area contributed by atoms with E-state index in [1.807, 2.05) is 6.07 Å². The van der Waals surface area contributed by atoms with Crippen LogP contribution in [-0.4, -0.2) is 26.6 Å². The Kier molecular flexibility index (Phi) is 3.62. The summed E-state index contributed by atoms with van der Waals surface area (Å²) in [6.45, 7) is 0. The summed E-state index contributed by atoms with van der Waals surface area (Å²) in [5.74, 6) is 0.984. The average molecular weight is 407 g/mol. The van der Waals surface area contributed by atoms with Crippen LogP contribution in [0.4, 0.5) is 10.2 Å². The molecular weight excluding hydrogens is 397 g/mol. The van der Waals surface area contributed by atoms with E-state index in [1.165, 1.54) is 0 Å². The summed E-state index contributed by atoms with van der Waals surface area (Å²) in [5.41, 5.74) is 1.08. The zero-order valence-electron chi connectivity index (χ0n) is 12.4. The summed E-state index contributed by atoms with van der Waals surface area (Å²) in [4.78, 5) is 4.45. The van der Waals surface area contributed by atoms with Gasteiger partial charge in [-0.2, -0.15) is 4.98 Å². The highest BCUT2D eigenvalue weighted by molar-refractivity contribution is 9.10. The quantitative estimate of drug-likeness (QED) is 0.531. The second-order valence-corrected chi connectivity index (χ2v) is 6.42. The van der Waals surface area contributed by atoms with Crippen LogP contribution in [0.2, 0.25) is 5.02 Å². The van der Waals surface area contributed by atoms with Crippen LogP contribution in [0.1, 0.15) is 0 Å². The molecule has 0 saturated carbocycles. The number of anilines is 1. The first-order valence-corrected chi connectivity index (χ1v) is 8.24. The lowest BCUT2D eigenvalue weighted by atomic mass is 10.2. The van der Waals surface area contributed by atoms with Crippen molar-refractivity contribution in [1.29, 1.82) is 0 Å². The molecule has 5 nitrogen and oxygen atoms in total. The van der Waals surface area contributed by atoms with E-state index in [-0.39, 0.29) is 0 Å². The molecule has 0 spiro atoms. The summed E-state index contributed by atoms with van der Waals surface area (Å²) in [5, 5.41) is 12.7. The lowest BCUT2D eigenvalue weighted by Gasteiger charge is -2.10. The van der Waals surface area contributed by atoms with Crippen molar-refractivity contribution in [2.24, 2.45) is 0 Å². The molecule has 0 amide bonds. The molecule has 2 heterocycles. The molecule has 0 aliphatic heterocycles. The lowest BCUT2D eigenvalue weighted by Crippen LogP contribution is -2.01. The minimum Gasteiger partial charge on any atom is -0.372 e. The van der Waals surface area contributed by atoms with Crippen LogP contribution >= 0.6 is 27.5 Å². The fourth-order valence-electron chi connectivity index (χ4n) is 2.66. The summed E-state index contributed by atoms with van der Waals surface area (Å²) in [6.07, 6.45) is 0. The number of hydrogen-bond acceptors (Lipinski definition) is 4. The monoisotopic (exact) mass is 405 g/mol. The molecule has 0 unspecified atom stereocenters. The maximum atomic E-state index is 14.5. The van der Waals surface area contributed by atoms with Crippen molar-refractivity contribution in [3.8, 4) is 11.4 Å². The Morgan fingerprint density at radius 2 is 2.04 bits per heavy atom. The average Bonchev–Trinajstić information content (AvgIpc) is 3.00. The molecule has 0 radical (unpaired) electrons. The van der Waals surface area contributed by atoms with Gasteiger partial charge in [0, 0.05) is 17.5 Å². The third kappa shape index (κ3) is 2.23. The predicted molar refractivity (Wildman–Crippen MR) is 95.9 cm³/mol. The van der Waals surface area contributed by atoms with Crippen molar-refractivity contribution in [3.63, 3.8) is 0 Å². The molecule has 1 N–H and O–H groups in total. The van der Waals surface area contributed by atoms with E-state index in [4.69, 9.17) is 11.6 Å². The van der Waals surface area contributed by atoms with Gasteiger partial charge < -0.3 is 5.32 Å². The maximum absolute atomic E-state index is 14.5. The van der Waals surface area contributed by atoms with E-state index in [0.717, 1.165) is 10.9 Å². The Morgan fingerprint density at radius 1 is 1.21 bits per heavy atom. The van der Waals surface area contributed by atoms with Crippen LogP contribution in [0.15, 0.2) is 40.9 Å². The maximum Gasteiger partial charge on any atom is 0.257 e. The first-order chi connectivity index (χ1) is 11.6. The number of halogens is 3. The van der Waals surface area contributed by atoms with E-state index in [1.54, 1.807) is 41.8 Å². The molecule has 0 aliphatic carbocycles. The lowest BCUT2D eigenvalue weighted by molar-refractivity contribution is 0.623. The number of nitrogens with zero attached hydrogens (tertiary/aromatic N) is 4. The van der Waals surface area contributed by atoms with Crippen molar-refractivity contribution in [2.75, 3.05) is 12.4 Å². The molecule has 2 aromatic heterocycles. The minimum absolute atomic E-state index is 0.331. The van der Waals surface area contributed by atoms with Gasteiger partial charge in [0.15, 0.2) is 5.82 Å². The van der Waals surface area contributed by atoms with Gasteiger partial charge >= 0.3 is 0 Å². The van der Waals surface area contributed by atoms with Gasteiger partial charge in [0.25, 0.3) is 5.78 Å². The number of hydrogen-bond donors (Lipinski definition) is 1. The summed E-state index contributed by atoms with van der Waals surface area (Å²) < 4.78 is 16.6. The van der Waals surface area contributed by atoms with Gasteiger partial charge in [-0.05, 0) is 46.3 Å². The van der Waals surface area contributed by atoms with E-state index in [0.29, 0.717) is 32.5 Å². The van der Waals surface area contributed by atoms with Crippen LogP contribution < -0.4 is 5.32 Å². The fraction of sp³-hybridized carbons (Fsp3) is 0.0625. The second-order valence-electron chi connectivity index (χ2n) is 5.13. The molecule has 0 bridgehead atoms. The van der Waals surface area contributed by atoms with Crippen molar-refractivity contribution >= 4 is 50.0 Å². The third-order valence-corrected chi connectivity index (χ3v) is 4.59. The van der Waals surface area contributed by atoms with Crippen molar-refractivity contribution in [1.82, 2.24) is 19.6 Å².